The number of hydrogen-bond donors (Lipinski definition) is 0. The Labute approximate surface area is 230 Å². The molecule has 6 rings (SSSR count). The molecule has 3 aliphatic rings. The van der Waals surface area contributed by atoms with Gasteiger partial charge in [-0.25, -0.2) is 14.6 Å². The number of aliphatic imine (C=N–C) groups is 1. The minimum absolute atomic E-state index is 0.0967. The minimum Gasteiger partial charge on any atom is -0.427 e. The minimum atomic E-state index is -0.687. The van der Waals surface area contributed by atoms with E-state index in [1.54, 1.807) is 37.4 Å². The van der Waals surface area contributed by atoms with Crippen LogP contribution in [0.15, 0.2) is 98.7 Å². The van der Waals surface area contributed by atoms with E-state index in [0.717, 1.165) is 21.3 Å². The zero-order chi connectivity index (χ0) is 28.1. The first-order valence-electron chi connectivity index (χ1n) is 13.1. The Kier molecular flexibility index (Phi) is 6.18. The molecule has 8 heteroatoms. The number of carbonyl (C=O) groups is 2. The van der Waals surface area contributed by atoms with Crippen molar-refractivity contribution in [1.29, 1.82) is 0 Å². The predicted octanol–water partition coefficient (Wildman–Crippen LogP) is 4.44. The van der Waals surface area contributed by atoms with Gasteiger partial charge < -0.3 is 4.74 Å². The van der Waals surface area contributed by atoms with Gasteiger partial charge in [-0.2, -0.15) is 0 Å². The monoisotopic (exact) mass is 533 g/mol. The van der Waals surface area contributed by atoms with E-state index in [1.165, 1.54) is 11.6 Å². The Balaban J connectivity index is 1.41. The Morgan fingerprint density at radius 1 is 0.950 bits per heavy atom. The summed E-state index contributed by atoms with van der Waals surface area (Å²) in [6, 6.07) is 14.5. The number of allylic oxidation sites excluding steroid dienone is 6. The van der Waals surface area contributed by atoms with Crippen molar-refractivity contribution in [1.82, 2.24) is 9.13 Å². The summed E-state index contributed by atoms with van der Waals surface area (Å²) in [6.07, 6.45) is 8.30. The van der Waals surface area contributed by atoms with Crippen LogP contribution in [0, 0.1) is 12.8 Å². The molecular weight excluding hydrogens is 506 g/mol. The number of benzene rings is 2. The number of carbonyl (C=O) groups excluding carboxylic acids is 2. The smallest absolute Gasteiger partial charge is 0.343 e. The molecule has 1 aromatic heterocycles. The van der Waals surface area contributed by atoms with Crippen molar-refractivity contribution >= 4 is 23.3 Å². The average molecular weight is 534 g/mol. The highest BCUT2D eigenvalue weighted by molar-refractivity contribution is 6.30. The number of hydrogen-bond acceptors (Lipinski definition) is 6. The number of aryl methyl sites for hydroxylation is 1. The summed E-state index contributed by atoms with van der Waals surface area (Å²) in [5.74, 6) is -1.05. The molecule has 0 saturated heterocycles. The van der Waals surface area contributed by atoms with Crippen molar-refractivity contribution in [3.63, 3.8) is 0 Å². The number of Topliss-reactive ketones (excluding diaryl/α,β-unsaturated/α-hetero) is 1. The molecule has 2 heterocycles. The van der Waals surface area contributed by atoms with Gasteiger partial charge >= 0.3 is 11.7 Å². The van der Waals surface area contributed by atoms with Crippen LogP contribution in [0.2, 0.25) is 0 Å². The van der Waals surface area contributed by atoms with Gasteiger partial charge in [-0.05, 0) is 37.1 Å². The van der Waals surface area contributed by atoms with Crippen molar-refractivity contribution in [2.24, 2.45) is 25.0 Å². The second-order valence-electron chi connectivity index (χ2n) is 10.3. The van der Waals surface area contributed by atoms with E-state index < -0.39 is 29.1 Å². The van der Waals surface area contributed by atoms with Gasteiger partial charge in [-0.3, -0.25) is 18.7 Å². The highest BCUT2D eigenvalue weighted by atomic mass is 16.5. The van der Waals surface area contributed by atoms with Crippen molar-refractivity contribution in [3.05, 3.63) is 133 Å². The number of ether oxygens (including phenoxy) is 1. The third-order valence-electron chi connectivity index (χ3n) is 7.80. The van der Waals surface area contributed by atoms with Crippen LogP contribution in [0.25, 0.3) is 0 Å². The summed E-state index contributed by atoms with van der Waals surface area (Å²) in [6.45, 7) is 1.95. The van der Waals surface area contributed by atoms with Crippen LogP contribution >= 0.6 is 0 Å². The fourth-order valence-electron chi connectivity index (χ4n) is 5.71. The molecule has 2 aliphatic carbocycles. The van der Waals surface area contributed by atoms with Crippen molar-refractivity contribution in [2.45, 2.75) is 25.7 Å². The highest BCUT2D eigenvalue weighted by Crippen LogP contribution is 2.47. The quantitative estimate of drug-likeness (QED) is 0.464. The lowest BCUT2D eigenvalue weighted by molar-refractivity contribution is 0.0614. The van der Waals surface area contributed by atoms with Crippen LogP contribution in [0.4, 0.5) is 5.82 Å². The number of ketones is 1. The van der Waals surface area contributed by atoms with Gasteiger partial charge in [0, 0.05) is 37.6 Å². The van der Waals surface area contributed by atoms with E-state index in [-0.39, 0.29) is 11.6 Å². The van der Waals surface area contributed by atoms with E-state index in [2.05, 4.69) is 0 Å². The molecule has 2 atom stereocenters. The number of nitrogens with zero attached hydrogens (tertiary/aromatic N) is 3. The Morgan fingerprint density at radius 3 is 2.42 bits per heavy atom. The highest BCUT2D eigenvalue weighted by Gasteiger charge is 2.48. The Hall–Kier alpha value is -4.85. The van der Waals surface area contributed by atoms with Crippen molar-refractivity contribution in [3.8, 4) is 0 Å². The standard InChI is InChI=1S/C32H27N3O5/c1-18-14-16-20(17-15-18)31(38)40-21-10-6-8-19(9-7-11-21)24-25-27(22-12-4-5-13-23(22)28(25)36)33-29-26(24)30(37)35(3)32(39)34(29)2/h4-6,8-10,12-17,24-25H,7,11H2,1-3H3. The molecule has 0 bridgehead atoms. The summed E-state index contributed by atoms with van der Waals surface area (Å²) in [5, 5.41) is 0. The van der Waals surface area contributed by atoms with Crippen LogP contribution < -0.4 is 11.2 Å². The third-order valence-corrected chi connectivity index (χ3v) is 7.80. The van der Waals surface area contributed by atoms with Gasteiger partial charge in [0.05, 0.1) is 22.8 Å². The topological polar surface area (TPSA) is 99.7 Å². The second kappa shape index (κ2) is 9.72. The molecule has 0 amide bonds. The lowest BCUT2D eigenvalue weighted by atomic mass is 9.75. The van der Waals surface area contributed by atoms with E-state index in [9.17, 15) is 19.2 Å². The molecule has 40 heavy (non-hydrogen) atoms. The molecule has 2 aromatic carbocycles. The number of rotatable bonds is 3. The zero-order valence-corrected chi connectivity index (χ0v) is 22.4. The van der Waals surface area contributed by atoms with Gasteiger partial charge in [0.1, 0.15) is 11.6 Å². The number of fused-ring (bicyclic) bond motifs is 4. The van der Waals surface area contributed by atoms with Crippen molar-refractivity contribution in [2.75, 3.05) is 0 Å². The van der Waals surface area contributed by atoms with Crippen LogP contribution in [0.1, 0.15) is 56.2 Å². The van der Waals surface area contributed by atoms with E-state index in [1.807, 2.05) is 49.4 Å². The molecule has 0 spiro atoms. The summed E-state index contributed by atoms with van der Waals surface area (Å²) < 4.78 is 8.09. The van der Waals surface area contributed by atoms with E-state index in [0.29, 0.717) is 41.0 Å². The second-order valence-corrected chi connectivity index (χ2v) is 10.3. The fourth-order valence-corrected chi connectivity index (χ4v) is 5.71. The van der Waals surface area contributed by atoms with Gasteiger partial charge in [-0.15, -0.1) is 0 Å². The summed E-state index contributed by atoms with van der Waals surface area (Å²) in [4.78, 5) is 57.5. The van der Waals surface area contributed by atoms with Gasteiger partial charge in [0.2, 0.25) is 0 Å². The normalized spacial score (nSPS) is 19.4. The van der Waals surface area contributed by atoms with Crippen molar-refractivity contribution < 1.29 is 14.3 Å². The molecule has 8 nitrogen and oxygen atoms in total. The maximum atomic E-state index is 13.7. The third kappa shape index (κ3) is 4.04. The van der Waals surface area contributed by atoms with Gasteiger partial charge in [0.25, 0.3) is 5.56 Å². The summed E-state index contributed by atoms with van der Waals surface area (Å²) in [7, 11) is 3.02. The zero-order valence-electron chi connectivity index (χ0n) is 22.4. The number of aromatic nitrogens is 2. The van der Waals surface area contributed by atoms with Crippen LogP contribution in [-0.2, 0) is 18.8 Å². The molecule has 2 unspecified atom stereocenters. The molecule has 0 radical (unpaired) electrons. The molecular formula is C32H27N3O5. The summed E-state index contributed by atoms with van der Waals surface area (Å²) >= 11 is 0. The summed E-state index contributed by atoms with van der Waals surface area (Å²) in [5.41, 5.74) is 3.54. The first kappa shape index (κ1) is 25.4. The lowest BCUT2D eigenvalue weighted by Crippen LogP contribution is -2.43. The first-order chi connectivity index (χ1) is 19.3. The number of esters is 1. The van der Waals surface area contributed by atoms with Crippen LogP contribution in [0.5, 0.6) is 0 Å². The maximum Gasteiger partial charge on any atom is 0.343 e. The molecule has 0 saturated carbocycles. The molecule has 0 fully saturated rings. The van der Waals surface area contributed by atoms with E-state index >= 15 is 0 Å². The van der Waals surface area contributed by atoms with Gasteiger partial charge in [0.15, 0.2) is 5.78 Å². The molecule has 3 aromatic rings. The largest absolute Gasteiger partial charge is 0.427 e. The van der Waals surface area contributed by atoms with Crippen LogP contribution in [0.3, 0.4) is 0 Å². The Morgan fingerprint density at radius 2 is 1.68 bits per heavy atom. The fraction of sp³-hybridized carbons (Fsp3) is 0.219. The first-order valence-corrected chi connectivity index (χ1v) is 13.1. The average Bonchev–Trinajstić information content (AvgIpc) is 3.23. The lowest BCUT2D eigenvalue weighted by Gasteiger charge is -2.30. The Bertz CT molecular complexity index is 1830. The van der Waals surface area contributed by atoms with Gasteiger partial charge in [-0.1, -0.05) is 60.2 Å². The molecule has 1 aliphatic heterocycles. The molecule has 200 valence electrons. The van der Waals surface area contributed by atoms with Crippen LogP contribution in [-0.4, -0.2) is 26.6 Å². The maximum absolute atomic E-state index is 13.7. The SMILES string of the molecule is Cc1ccc(C(=O)OC2=CC=CC(C3c4c(n(C)c(=O)n(C)c4=O)N=C4c5ccccc5C(=O)C43)=CCC2)cc1. The molecule has 0 N–H and O–H groups in total. The predicted molar refractivity (Wildman–Crippen MR) is 151 cm³/mol. The van der Waals surface area contributed by atoms with E-state index in [4.69, 9.17) is 9.73 Å².